The molecule has 0 aromatic heterocycles. The molecule has 0 spiro atoms. The van der Waals surface area contributed by atoms with Crippen LogP contribution >= 0.6 is 0 Å². The second-order valence-corrected chi connectivity index (χ2v) is 3.10. The Morgan fingerprint density at radius 2 is 2.27 bits per heavy atom. The SMILES string of the molecule is C#CC[C@@H](O)[C@H](CO)[C@@H](C=C)OCOC. The molecule has 2 N–H and O–H groups in total. The fraction of sp³-hybridized carbons (Fsp3) is 0.636. The third-order valence-electron chi connectivity index (χ3n) is 2.06. The first kappa shape index (κ1) is 14.1. The lowest BCUT2D eigenvalue weighted by molar-refractivity contribution is -0.0992. The van der Waals surface area contributed by atoms with E-state index in [2.05, 4.69) is 12.5 Å². The standard InChI is InChI=1S/C11H18O4/c1-4-6-10(13)9(7-12)11(5-2)15-8-14-3/h1,5,9-13H,2,6-8H2,3H3/t9-,10+,11+/m0/s1. The van der Waals surface area contributed by atoms with Crippen LogP contribution in [0.25, 0.3) is 0 Å². The van der Waals surface area contributed by atoms with Crippen LogP contribution in [0.1, 0.15) is 6.42 Å². The summed E-state index contributed by atoms with van der Waals surface area (Å²) in [5.41, 5.74) is 0. The Balaban J connectivity index is 4.32. The first-order chi connectivity index (χ1) is 7.21. The van der Waals surface area contributed by atoms with Gasteiger partial charge in [0.25, 0.3) is 0 Å². The average molecular weight is 214 g/mol. The van der Waals surface area contributed by atoms with Gasteiger partial charge in [-0.05, 0) is 0 Å². The van der Waals surface area contributed by atoms with Crippen LogP contribution in [0, 0.1) is 18.3 Å². The van der Waals surface area contributed by atoms with Crippen LogP contribution in [-0.2, 0) is 9.47 Å². The van der Waals surface area contributed by atoms with Gasteiger partial charge in [-0.15, -0.1) is 18.9 Å². The Hall–Kier alpha value is -0.860. The molecule has 0 radical (unpaired) electrons. The van der Waals surface area contributed by atoms with Gasteiger partial charge in [-0.2, -0.15) is 0 Å². The molecule has 0 rings (SSSR count). The fourth-order valence-corrected chi connectivity index (χ4v) is 1.23. The fourth-order valence-electron chi connectivity index (χ4n) is 1.23. The summed E-state index contributed by atoms with van der Waals surface area (Å²) in [6, 6.07) is 0. The quantitative estimate of drug-likeness (QED) is 0.343. The highest BCUT2D eigenvalue weighted by Gasteiger charge is 2.25. The molecular formula is C11H18O4. The van der Waals surface area contributed by atoms with Gasteiger partial charge < -0.3 is 19.7 Å². The first-order valence-electron chi connectivity index (χ1n) is 4.66. The van der Waals surface area contributed by atoms with Gasteiger partial charge >= 0.3 is 0 Å². The van der Waals surface area contributed by atoms with Crippen molar-refractivity contribution in [3.8, 4) is 12.3 Å². The van der Waals surface area contributed by atoms with E-state index in [-0.39, 0.29) is 19.8 Å². The van der Waals surface area contributed by atoms with E-state index in [1.165, 1.54) is 13.2 Å². The average Bonchev–Trinajstić information content (AvgIpc) is 2.24. The molecule has 0 saturated heterocycles. The Morgan fingerprint density at radius 1 is 1.60 bits per heavy atom. The molecule has 0 aliphatic rings. The van der Waals surface area contributed by atoms with Crippen LogP contribution in [0.15, 0.2) is 12.7 Å². The maximum atomic E-state index is 9.64. The van der Waals surface area contributed by atoms with Crippen molar-refractivity contribution in [2.45, 2.75) is 18.6 Å². The summed E-state index contributed by atoms with van der Waals surface area (Å²) in [6.45, 7) is 3.43. The maximum Gasteiger partial charge on any atom is 0.147 e. The molecule has 3 atom stereocenters. The van der Waals surface area contributed by atoms with Crippen molar-refractivity contribution in [2.75, 3.05) is 20.5 Å². The van der Waals surface area contributed by atoms with E-state index in [1.807, 2.05) is 0 Å². The van der Waals surface area contributed by atoms with Gasteiger partial charge in [-0.25, -0.2) is 0 Å². The van der Waals surface area contributed by atoms with Gasteiger partial charge in [0.05, 0.1) is 18.8 Å². The first-order valence-corrected chi connectivity index (χ1v) is 4.66. The molecule has 0 amide bonds. The molecule has 4 heteroatoms. The molecule has 15 heavy (non-hydrogen) atoms. The Bertz CT molecular complexity index is 209. The van der Waals surface area contributed by atoms with E-state index in [0.717, 1.165) is 0 Å². The Labute approximate surface area is 90.5 Å². The Kier molecular flexibility index (Phi) is 7.96. The van der Waals surface area contributed by atoms with E-state index in [0.29, 0.717) is 0 Å². The van der Waals surface area contributed by atoms with Crippen molar-refractivity contribution in [3.63, 3.8) is 0 Å². The molecule has 0 aromatic rings. The molecule has 86 valence electrons. The molecule has 0 fully saturated rings. The van der Waals surface area contributed by atoms with Gasteiger partial charge in [-0.3, -0.25) is 0 Å². The highest BCUT2D eigenvalue weighted by atomic mass is 16.7. The normalized spacial score (nSPS) is 16.4. The minimum absolute atomic E-state index is 0.0793. The zero-order valence-corrected chi connectivity index (χ0v) is 8.93. The number of aliphatic hydroxyl groups excluding tert-OH is 2. The minimum atomic E-state index is -0.806. The minimum Gasteiger partial charge on any atom is -0.396 e. The molecule has 0 unspecified atom stereocenters. The van der Waals surface area contributed by atoms with Crippen LogP contribution in [0.5, 0.6) is 0 Å². The monoisotopic (exact) mass is 214 g/mol. The summed E-state index contributed by atoms with van der Waals surface area (Å²) >= 11 is 0. The van der Waals surface area contributed by atoms with Crippen molar-refractivity contribution in [1.82, 2.24) is 0 Å². The summed E-state index contributed by atoms with van der Waals surface area (Å²) in [6.07, 6.45) is 5.49. The van der Waals surface area contributed by atoms with E-state index < -0.39 is 18.1 Å². The van der Waals surface area contributed by atoms with Crippen LogP contribution in [0.3, 0.4) is 0 Å². The van der Waals surface area contributed by atoms with Crippen LogP contribution in [0.2, 0.25) is 0 Å². The third-order valence-corrected chi connectivity index (χ3v) is 2.06. The smallest absolute Gasteiger partial charge is 0.147 e. The maximum absolute atomic E-state index is 9.64. The molecular weight excluding hydrogens is 196 g/mol. The van der Waals surface area contributed by atoms with Gasteiger partial charge in [0, 0.05) is 19.4 Å². The predicted octanol–water partition coefficient (Wildman–Crippen LogP) is 0.154. The second-order valence-electron chi connectivity index (χ2n) is 3.10. The van der Waals surface area contributed by atoms with Crippen LogP contribution in [-0.4, -0.2) is 42.9 Å². The second kappa shape index (κ2) is 8.45. The summed E-state index contributed by atoms with van der Waals surface area (Å²) in [5.74, 6) is 1.86. The number of hydrogen-bond donors (Lipinski definition) is 2. The van der Waals surface area contributed by atoms with Crippen molar-refractivity contribution < 1.29 is 19.7 Å². The predicted molar refractivity (Wildman–Crippen MR) is 57.0 cm³/mol. The molecule has 4 nitrogen and oxygen atoms in total. The number of aliphatic hydroxyl groups is 2. The summed E-state index contributed by atoms with van der Waals surface area (Å²) in [7, 11) is 1.49. The molecule has 0 aliphatic heterocycles. The lowest BCUT2D eigenvalue weighted by atomic mass is 9.94. The lowest BCUT2D eigenvalue weighted by Gasteiger charge is -2.26. The van der Waals surface area contributed by atoms with Gasteiger partial charge in [0.2, 0.25) is 0 Å². The highest BCUT2D eigenvalue weighted by molar-refractivity contribution is 4.95. The molecule has 0 saturated carbocycles. The number of ether oxygens (including phenoxy) is 2. The number of hydrogen-bond acceptors (Lipinski definition) is 4. The van der Waals surface area contributed by atoms with E-state index in [1.54, 1.807) is 0 Å². The van der Waals surface area contributed by atoms with Crippen molar-refractivity contribution in [3.05, 3.63) is 12.7 Å². The number of rotatable bonds is 8. The topological polar surface area (TPSA) is 58.9 Å². The number of terminal acetylenes is 1. The molecule has 0 aromatic carbocycles. The number of methoxy groups -OCH3 is 1. The van der Waals surface area contributed by atoms with Gasteiger partial charge in [-0.1, -0.05) is 6.08 Å². The molecule has 0 bridgehead atoms. The molecule has 0 aliphatic carbocycles. The van der Waals surface area contributed by atoms with Crippen molar-refractivity contribution in [1.29, 1.82) is 0 Å². The summed E-state index contributed by atoms with van der Waals surface area (Å²) in [4.78, 5) is 0. The lowest BCUT2D eigenvalue weighted by Crippen LogP contribution is -2.35. The Morgan fingerprint density at radius 3 is 2.67 bits per heavy atom. The van der Waals surface area contributed by atoms with E-state index >= 15 is 0 Å². The van der Waals surface area contributed by atoms with E-state index in [4.69, 9.17) is 21.0 Å². The third kappa shape index (κ3) is 4.96. The van der Waals surface area contributed by atoms with Crippen LogP contribution in [0.4, 0.5) is 0 Å². The van der Waals surface area contributed by atoms with Crippen LogP contribution < -0.4 is 0 Å². The van der Waals surface area contributed by atoms with Gasteiger partial charge in [0.15, 0.2) is 0 Å². The largest absolute Gasteiger partial charge is 0.396 e. The van der Waals surface area contributed by atoms with Gasteiger partial charge in [0.1, 0.15) is 6.79 Å². The zero-order chi connectivity index (χ0) is 11.7. The highest BCUT2D eigenvalue weighted by Crippen LogP contribution is 2.16. The molecule has 0 heterocycles. The zero-order valence-electron chi connectivity index (χ0n) is 8.93. The summed E-state index contributed by atoms with van der Waals surface area (Å²) < 4.78 is 9.97. The van der Waals surface area contributed by atoms with Crippen molar-refractivity contribution in [2.24, 2.45) is 5.92 Å². The van der Waals surface area contributed by atoms with Crippen molar-refractivity contribution >= 4 is 0 Å². The summed E-state index contributed by atoms with van der Waals surface area (Å²) in [5, 5.41) is 18.8. The van der Waals surface area contributed by atoms with E-state index in [9.17, 15) is 5.11 Å².